The van der Waals surface area contributed by atoms with Crippen LogP contribution in [0.2, 0.25) is 0 Å². The number of halogens is 1. The summed E-state index contributed by atoms with van der Waals surface area (Å²) in [5, 5.41) is 2.82. The quantitative estimate of drug-likeness (QED) is 0.771. The minimum Gasteiger partial charge on any atom is -0.468 e. The summed E-state index contributed by atoms with van der Waals surface area (Å²) in [4.78, 5) is 11.4. The molecule has 0 aliphatic rings. The third-order valence-corrected chi connectivity index (χ3v) is 2.24. The van der Waals surface area contributed by atoms with Crippen LogP contribution in [-0.2, 0) is 9.53 Å². The Morgan fingerprint density at radius 1 is 1.53 bits per heavy atom. The predicted octanol–water partition coefficient (Wildman–Crippen LogP) is 1.57. The number of likely N-dealkylation sites (N-methyl/N-ethyl adjacent to an activating group) is 1. The van der Waals surface area contributed by atoms with Crippen molar-refractivity contribution >= 4 is 5.97 Å². The molecule has 0 spiro atoms. The monoisotopic (exact) mass is 211 g/mol. The SMILES string of the molecule is CNC(C(=O)OC)c1ccc(F)c(C)c1. The number of esters is 1. The number of hydrogen-bond donors (Lipinski definition) is 1. The molecule has 0 aromatic heterocycles. The number of ether oxygens (including phenoxy) is 1. The maximum absolute atomic E-state index is 13.0. The molecule has 0 aliphatic carbocycles. The molecule has 15 heavy (non-hydrogen) atoms. The van der Waals surface area contributed by atoms with Gasteiger partial charge >= 0.3 is 5.97 Å². The van der Waals surface area contributed by atoms with Crippen molar-refractivity contribution in [3.63, 3.8) is 0 Å². The summed E-state index contributed by atoms with van der Waals surface area (Å²) in [5.41, 5.74) is 1.21. The number of nitrogens with one attached hydrogen (secondary N) is 1. The molecule has 1 rings (SSSR count). The van der Waals surface area contributed by atoms with Crippen LogP contribution >= 0.6 is 0 Å². The van der Waals surface area contributed by atoms with E-state index in [0.717, 1.165) is 0 Å². The van der Waals surface area contributed by atoms with Gasteiger partial charge in [-0.05, 0) is 31.2 Å². The number of methoxy groups -OCH3 is 1. The molecule has 3 nitrogen and oxygen atoms in total. The Hall–Kier alpha value is -1.42. The summed E-state index contributed by atoms with van der Waals surface area (Å²) >= 11 is 0. The lowest BCUT2D eigenvalue weighted by Crippen LogP contribution is -2.26. The summed E-state index contributed by atoms with van der Waals surface area (Å²) in [6.45, 7) is 1.66. The molecular formula is C11H14FNO2. The molecule has 82 valence electrons. The molecule has 0 heterocycles. The first-order chi connectivity index (χ1) is 7.10. The van der Waals surface area contributed by atoms with E-state index in [2.05, 4.69) is 10.1 Å². The fourth-order valence-corrected chi connectivity index (χ4v) is 1.39. The number of aryl methyl sites for hydroxylation is 1. The van der Waals surface area contributed by atoms with Crippen LogP contribution in [0, 0.1) is 12.7 Å². The van der Waals surface area contributed by atoms with Crippen molar-refractivity contribution < 1.29 is 13.9 Å². The van der Waals surface area contributed by atoms with Crippen LogP contribution in [0.25, 0.3) is 0 Å². The third kappa shape index (κ3) is 2.53. The molecular weight excluding hydrogens is 197 g/mol. The van der Waals surface area contributed by atoms with Crippen molar-refractivity contribution in [1.29, 1.82) is 0 Å². The van der Waals surface area contributed by atoms with Crippen molar-refractivity contribution in [3.8, 4) is 0 Å². The van der Waals surface area contributed by atoms with Gasteiger partial charge in [0.15, 0.2) is 0 Å². The lowest BCUT2D eigenvalue weighted by atomic mass is 10.0. The van der Waals surface area contributed by atoms with Gasteiger partial charge in [0, 0.05) is 0 Å². The average molecular weight is 211 g/mol. The van der Waals surface area contributed by atoms with E-state index in [0.29, 0.717) is 11.1 Å². The molecule has 1 N–H and O–H groups in total. The number of carbonyl (C=O) groups excluding carboxylic acids is 1. The molecule has 1 aromatic carbocycles. The Bertz CT molecular complexity index is 366. The zero-order chi connectivity index (χ0) is 11.4. The molecule has 1 unspecified atom stereocenters. The van der Waals surface area contributed by atoms with Crippen LogP contribution in [0.3, 0.4) is 0 Å². The van der Waals surface area contributed by atoms with Crippen molar-refractivity contribution in [2.75, 3.05) is 14.2 Å². The van der Waals surface area contributed by atoms with E-state index in [1.54, 1.807) is 26.1 Å². The summed E-state index contributed by atoms with van der Waals surface area (Å²) in [7, 11) is 2.98. The molecule has 1 atom stereocenters. The van der Waals surface area contributed by atoms with Crippen molar-refractivity contribution in [2.45, 2.75) is 13.0 Å². The van der Waals surface area contributed by atoms with Crippen LogP contribution in [-0.4, -0.2) is 20.1 Å². The van der Waals surface area contributed by atoms with Gasteiger partial charge in [0.25, 0.3) is 0 Å². The Kier molecular flexibility index (Phi) is 3.80. The van der Waals surface area contributed by atoms with Crippen molar-refractivity contribution in [3.05, 3.63) is 35.1 Å². The zero-order valence-electron chi connectivity index (χ0n) is 9.00. The first-order valence-corrected chi connectivity index (χ1v) is 4.61. The van der Waals surface area contributed by atoms with Crippen LogP contribution in [0.1, 0.15) is 17.2 Å². The molecule has 4 heteroatoms. The summed E-state index contributed by atoms with van der Waals surface area (Å²) < 4.78 is 17.6. The van der Waals surface area contributed by atoms with Gasteiger partial charge in [-0.15, -0.1) is 0 Å². The first kappa shape index (κ1) is 11.7. The second-order valence-corrected chi connectivity index (χ2v) is 3.25. The lowest BCUT2D eigenvalue weighted by Gasteiger charge is -2.14. The minimum absolute atomic E-state index is 0.279. The molecule has 0 amide bonds. The molecule has 0 saturated carbocycles. The Balaban J connectivity index is 3.02. The number of rotatable bonds is 3. The van der Waals surface area contributed by atoms with Gasteiger partial charge in [0.2, 0.25) is 0 Å². The van der Waals surface area contributed by atoms with E-state index in [4.69, 9.17) is 0 Å². The summed E-state index contributed by atoms with van der Waals surface area (Å²) in [6.07, 6.45) is 0. The predicted molar refractivity (Wildman–Crippen MR) is 55.0 cm³/mol. The largest absolute Gasteiger partial charge is 0.468 e. The molecule has 0 saturated heterocycles. The number of benzene rings is 1. The fraction of sp³-hybridized carbons (Fsp3) is 0.364. The van der Waals surface area contributed by atoms with Crippen LogP contribution in [0.15, 0.2) is 18.2 Å². The molecule has 0 radical (unpaired) electrons. The van der Waals surface area contributed by atoms with E-state index in [1.165, 1.54) is 13.2 Å². The molecule has 1 aromatic rings. The first-order valence-electron chi connectivity index (χ1n) is 4.61. The standard InChI is InChI=1S/C11H14FNO2/c1-7-6-8(4-5-9(7)12)10(13-2)11(14)15-3/h4-6,10,13H,1-3H3. The Labute approximate surface area is 88.2 Å². The Morgan fingerprint density at radius 3 is 2.67 bits per heavy atom. The summed E-state index contributed by atoms with van der Waals surface area (Å²) in [6, 6.07) is 4.00. The fourth-order valence-electron chi connectivity index (χ4n) is 1.39. The maximum Gasteiger partial charge on any atom is 0.327 e. The normalized spacial score (nSPS) is 12.3. The molecule has 0 bridgehead atoms. The van der Waals surface area contributed by atoms with Crippen molar-refractivity contribution in [1.82, 2.24) is 5.32 Å². The topological polar surface area (TPSA) is 38.3 Å². The highest BCUT2D eigenvalue weighted by Gasteiger charge is 2.19. The van der Waals surface area contributed by atoms with Crippen LogP contribution in [0.4, 0.5) is 4.39 Å². The van der Waals surface area contributed by atoms with Crippen LogP contribution < -0.4 is 5.32 Å². The highest BCUT2D eigenvalue weighted by Crippen LogP contribution is 2.17. The minimum atomic E-state index is -0.547. The second-order valence-electron chi connectivity index (χ2n) is 3.25. The van der Waals surface area contributed by atoms with E-state index in [1.807, 2.05) is 0 Å². The van der Waals surface area contributed by atoms with Crippen LogP contribution in [0.5, 0.6) is 0 Å². The van der Waals surface area contributed by atoms with E-state index in [9.17, 15) is 9.18 Å². The average Bonchev–Trinajstić information content (AvgIpc) is 2.24. The van der Waals surface area contributed by atoms with Gasteiger partial charge in [-0.3, -0.25) is 0 Å². The molecule has 0 aliphatic heterocycles. The van der Waals surface area contributed by atoms with Gasteiger partial charge in [0.1, 0.15) is 11.9 Å². The highest BCUT2D eigenvalue weighted by atomic mass is 19.1. The number of carbonyl (C=O) groups is 1. The van der Waals surface area contributed by atoms with Gasteiger partial charge in [-0.2, -0.15) is 0 Å². The van der Waals surface area contributed by atoms with E-state index < -0.39 is 6.04 Å². The second kappa shape index (κ2) is 4.89. The molecule has 0 fully saturated rings. The van der Waals surface area contributed by atoms with Gasteiger partial charge < -0.3 is 10.1 Å². The number of hydrogen-bond acceptors (Lipinski definition) is 3. The van der Waals surface area contributed by atoms with Gasteiger partial charge in [-0.1, -0.05) is 12.1 Å². The Morgan fingerprint density at radius 2 is 2.20 bits per heavy atom. The van der Waals surface area contributed by atoms with Gasteiger partial charge in [-0.25, -0.2) is 9.18 Å². The lowest BCUT2D eigenvalue weighted by molar-refractivity contribution is -0.143. The van der Waals surface area contributed by atoms with E-state index in [-0.39, 0.29) is 11.8 Å². The summed E-state index contributed by atoms with van der Waals surface area (Å²) in [5.74, 6) is -0.665. The van der Waals surface area contributed by atoms with Gasteiger partial charge in [0.05, 0.1) is 7.11 Å². The van der Waals surface area contributed by atoms with Crippen molar-refractivity contribution in [2.24, 2.45) is 0 Å². The third-order valence-electron chi connectivity index (χ3n) is 2.24. The highest BCUT2D eigenvalue weighted by molar-refractivity contribution is 5.77. The maximum atomic E-state index is 13.0. The zero-order valence-corrected chi connectivity index (χ0v) is 9.00. The smallest absolute Gasteiger partial charge is 0.327 e. The van der Waals surface area contributed by atoms with E-state index >= 15 is 0 Å².